The molecule has 4 rings (SSSR count). The van der Waals surface area contributed by atoms with E-state index in [1.807, 2.05) is 4.90 Å². The van der Waals surface area contributed by atoms with Crippen molar-refractivity contribution in [2.45, 2.75) is 26.7 Å². The third kappa shape index (κ3) is 3.22. The van der Waals surface area contributed by atoms with Crippen LogP contribution in [0.3, 0.4) is 0 Å². The topological polar surface area (TPSA) is 45.7 Å². The van der Waals surface area contributed by atoms with Gasteiger partial charge in [-0.15, -0.1) is 11.3 Å². The van der Waals surface area contributed by atoms with Gasteiger partial charge in [0.05, 0.1) is 25.5 Å². The Morgan fingerprint density at radius 2 is 2.00 bits per heavy atom. The number of carbonyl (C=O) groups excluding carboxylic acids is 1. The maximum absolute atomic E-state index is 11.4. The number of fused-ring (bicyclic) bond motifs is 1. The minimum absolute atomic E-state index is 0.173. The van der Waals surface area contributed by atoms with E-state index in [1.165, 1.54) is 16.7 Å². The third-order valence-electron chi connectivity index (χ3n) is 4.75. The fourth-order valence-corrected chi connectivity index (χ4v) is 4.10. The first kappa shape index (κ1) is 15.7. The Labute approximate surface area is 145 Å². The van der Waals surface area contributed by atoms with E-state index in [0.29, 0.717) is 6.61 Å². The largest absolute Gasteiger partial charge is 0.372 e. The number of ether oxygens (including phenoxy) is 1. The summed E-state index contributed by atoms with van der Waals surface area (Å²) in [5.74, 6) is 0.173. The van der Waals surface area contributed by atoms with Crippen molar-refractivity contribution in [2.75, 3.05) is 26.2 Å². The highest BCUT2D eigenvalue weighted by molar-refractivity contribution is 7.09. The maximum atomic E-state index is 11.4. The lowest BCUT2D eigenvalue weighted by atomic mass is 10.1. The smallest absolute Gasteiger partial charge is 0.219 e. The summed E-state index contributed by atoms with van der Waals surface area (Å²) in [6.45, 7) is 7.42. The fraction of sp³-hybridized carbons (Fsp3) is 0.444. The fourth-order valence-electron chi connectivity index (χ4n) is 3.26. The number of hydrogen-bond acceptors (Lipinski definition) is 5. The number of benzene rings is 1. The molecule has 0 N–H and O–H groups in total. The molecule has 0 radical (unpaired) electrons. The van der Waals surface area contributed by atoms with Gasteiger partial charge in [0.2, 0.25) is 5.91 Å². The van der Waals surface area contributed by atoms with Gasteiger partial charge in [0.25, 0.3) is 0 Å². The van der Waals surface area contributed by atoms with Crippen LogP contribution >= 0.6 is 11.3 Å². The van der Waals surface area contributed by atoms with Crippen molar-refractivity contribution in [1.82, 2.24) is 14.8 Å². The first-order valence-corrected chi connectivity index (χ1v) is 9.19. The number of rotatable bonds is 3. The zero-order valence-electron chi connectivity index (χ0n) is 13.8. The number of hydrogen-bond donors (Lipinski definition) is 0. The van der Waals surface area contributed by atoms with E-state index >= 15 is 0 Å². The minimum atomic E-state index is 0.173. The molecule has 2 aliphatic rings. The van der Waals surface area contributed by atoms with Crippen LogP contribution in [0, 0.1) is 0 Å². The van der Waals surface area contributed by atoms with Gasteiger partial charge in [0, 0.05) is 44.0 Å². The average Bonchev–Trinajstić information content (AvgIpc) is 3.23. The number of aromatic nitrogens is 1. The summed E-state index contributed by atoms with van der Waals surface area (Å²) in [5.41, 5.74) is 4.79. The standard InChI is InChI=1S/C18H21N3O2S/c1-13(22)21-6-4-20(5-7-21)9-18-19-17(12-24-18)14-2-3-15-10-23-11-16(15)8-14/h2-3,8,12H,4-7,9-11H2,1H3. The molecular formula is C18H21N3O2S. The minimum Gasteiger partial charge on any atom is -0.372 e. The molecule has 24 heavy (non-hydrogen) atoms. The van der Waals surface area contributed by atoms with Crippen LogP contribution < -0.4 is 0 Å². The average molecular weight is 343 g/mol. The Morgan fingerprint density at radius 3 is 2.79 bits per heavy atom. The highest BCUT2D eigenvalue weighted by atomic mass is 32.1. The van der Waals surface area contributed by atoms with Crippen LogP contribution in [0.2, 0.25) is 0 Å². The molecular weight excluding hydrogens is 322 g/mol. The maximum Gasteiger partial charge on any atom is 0.219 e. The first-order valence-electron chi connectivity index (χ1n) is 8.31. The number of carbonyl (C=O) groups is 1. The molecule has 0 aliphatic carbocycles. The molecule has 2 aliphatic heterocycles. The molecule has 0 unspecified atom stereocenters. The molecule has 2 aromatic rings. The predicted octanol–water partition coefficient (Wildman–Crippen LogP) is 2.50. The number of amides is 1. The number of nitrogens with zero attached hydrogens (tertiary/aromatic N) is 3. The molecule has 1 aromatic heterocycles. The lowest BCUT2D eigenvalue weighted by molar-refractivity contribution is -0.130. The molecule has 5 nitrogen and oxygen atoms in total. The second-order valence-electron chi connectivity index (χ2n) is 6.38. The van der Waals surface area contributed by atoms with Crippen molar-refractivity contribution in [1.29, 1.82) is 0 Å². The van der Waals surface area contributed by atoms with Gasteiger partial charge in [0.1, 0.15) is 5.01 Å². The van der Waals surface area contributed by atoms with Crippen molar-refractivity contribution >= 4 is 17.2 Å². The highest BCUT2D eigenvalue weighted by Crippen LogP contribution is 2.28. The van der Waals surface area contributed by atoms with E-state index in [-0.39, 0.29) is 5.91 Å². The van der Waals surface area contributed by atoms with Crippen LogP contribution in [0.25, 0.3) is 11.3 Å². The third-order valence-corrected chi connectivity index (χ3v) is 5.58. The summed E-state index contributed by atoms with van der Waals surface area (Å²) in [4.78, 5) is 20.5. The van der Waals surface area contributed by atoms with E-state index < -0.39 is 0 Å². The van der Waals surface area contributed by atoms with Gasteiger partial charge >= 0.3 is 0 Å². The molecule has 0 atom stereocenters. The molecule has 1 aromatic carbocycles. The molecule has 0 bridgehead atoms. The zero-order valence-corrected chi connectivity index (χ0v) is 14.6. The summed E-state index contributed by atoms with van der Waals surface area (Å²) in [6.07, 6.45) is 0. The zero-order chi connectivity index (χ0) is 16.5. The first-order chi connectivity index (χ1) is 11.7. The van der Waals surface area contributed by atoms with Crippen molar-refractivity contribution in [3.05, 3.63) is 39.7 Å². The van der Waals surface area contributed by atoms with E-state index in [2.05, 4.69) is 28.5 Å². The van der Waals surface area contributed by atoms with Crippen LogP contribution in [-0.4, -0.2) is 46.9 Å². The van der Waals surface area contributed by atoms with E-state index in [9.17, 15) is 4.79 Å². The second-order valence-corrected chi connectivity index (χ2v) is 7.33. The summed E-state index contributed by atoms with van der Waals surface area (Å²) in [7, 11) is 0. The van der Waals surface area contributed by atoms with Crippen molar-refractivity contribution in [3.63, 3.8) is 0 Å². The van der Waals surface area contributed by atoms with E-state index in [4.69, 9.17) is 9.72 Å². The Balaban J connectivity index is 1.41. The van der Waals surface area contributed by atoms with Gasteiger partial charge in [0.15, 0.2) is 0 Å². The normalized spacial score (nSPS) is 18.0. The van der Waals surface area contributed by atoms with Crippen LogP contribution in [0.1, 0.15) is 23.1 Å². The Kier molecular flexibility index (Phi) is 4.35. The highest BCUT2D eigenvalue weighted by Gasteiger charge is 2.20. The van der Waals surface area contributed by atoms with Gasteiger partial charge in [-0.05, 0) is 17.2 Å². The van der Waals surface area contributed by atoms with E-state index in [1.54, 1.807) is 18.3 Å². The summed E-state index contributed by atoms with van der Waals surface area (Å²) < 4.78 is 5.48. The molecule has 1 amide bonds. The Hall–Kier alpha value is -1.76. The monoisotopic (exact) mass is 343 g/mol. The van der Waals surface area contributed by atoms with Crippen molar-refractivity contribution in [3.8, 4) is 11.3 Å². The molecule has 6 heteroatoms. The molecule has 3 heterocycles. The van der Waals surface area contributed by atoms with Gasteiger partial charge in [-0.3, -0.25) is 9.69 Å². The Morgan fingerprint density at radius 1 is 1.21 bits per heavy atom. The summed E-state index contributed by atoms with van der Waals surface area (Å²) >= 11 is 1.71. The summed E-state index contributed by atoms with van der Waals surface area (Å²) in [6, 6.07) is 6.49. The predicted molar refractivity (Wildman–Crippen MR) is 93.6 cm³/mol. The van der Waals surface area contributed by atoms with Crippen LogP contribution in [-0.2, 0) is 29.3 Å². The van der Waals surface area contributed by atoms with Gasteiger partial charge in [-0.1, -0.05) is 12.1 Å². The van der Waals surface area contributed by atoms with Gasteiger partial charge in [-0.25, -0.2) is 4.98 Å². The lowest BCUT2D eigenvalue weighted by Crippen LogP contribution is -2.47. The molecule has 0 spiro atoms. The number of piperazine rings is 1. The molecule has 1 fully saturated rings. The Bertz CT molecular complexity index is 750. The second kappa shape index (κ2) is 6.63. The molecule has 0 saturated carbocycles. The SMILES string of the molecule is CC(=O)N1CCN(Cc2nc(-c3ccc4c(c3)COC4)cs2)CC1. The van der Waals surface area contributed by atoms with Crippen molar-refractivity contribution in [2.24, 2.45) is 0 Å². The van der Waals surface area contributed by atoms with Crippen LogP contribution in [0.5, 0.6) is 0 Å². The van der Waals surface area contributed by atoms with Gasteiger partial charge in [-0.2, -0.15) is 0 Å². The summed E-state index contributed by atoms with van der Waals surface area (Å²) in [5, 5.41) is 3.27. The van der Waals surface area contributed by atoms with E-state index in [0.717, 1.165) is 50.0 Å². The van der Waals surface area contributed by atoms with Crippen LogP contribution in [0.4, 0.5) is 0 Å². The molecule has 126 valence electrons. The molecule has 1 saturated heterocycles. The van der Waals surface area contributed by atoms with Crippen LogP contribution in [0.15, 0.2) is 23.6 Å². The quantitative estimate of drug-likeness (QED) is 0.859. The number of thiazole rings is 1. The van der Waals surface area contributed by atoms with Crippen molar-refractivity contribution < 1.29 is 9.53 Å². The lowest BCUT2D eigenvalue weighted by Gasteiger charge is -2.33. The van der Waals surface area contributed by atoms with Gasteiger partial charge < -0.3 is 9.64 Å².